The van der Waals surface area contributed by atoms with Crippen molar-refractivity contribution in [3.8, 4) is 0 Å². The Balaban J connectivity index is 0.00000242. The topological polar surface area (TPSA) is 79.6 Å². The minimum atomic E-state index is -3.41. The third kappa shape index (κ3) is 4.72. The van der Waals surface area contributed by atoms with Crippen molar-refractivity contribution in [1.29, 1.82) is 0 Å². The smallest absolute Gasteiger partial charge is 0.289 e. The van der Waals surface area contributed by atoms with E-state index in [1.54, 1.807) is 4.90 Å². The SMILES string of the molecule is CNCCC1CCN(C(=O)c2ccc(S(C)(=O)=O)o2)CC1.Cl. The lowest BCUT2D eigenvalue weighted by atomic mass is 9.93. The van der Waals surface area contributed by atoms with E-state index in [-0.39, 0.29) is 29.2 Å². The molecule has 2 heterocycles. The molecular weight excluding hydrogens is 328 g/mol. The summed E-state index contributed by atoms with van der Waals surface area (Å²) in [5.41, 5.74) is 0. The molecule has 1 fully saturated rings. The summed E-state index contributed by atoms with van der Waals surface area (Å²) >= 11 is 0. The quantitative estimate of drug-likeness (QED) is 0.871. The Morgan fingerprint density at radius 2 is 2.00 bits per heavy atom. The van der Waals surface area contributed by atoms with Crippen LogP contribution in [0.25, 0.3) is 0 Å². The summed E-state index contributed by atoms with van der Waals surface area (Å²) in [6.07, 6.45) is 4.14. The molecule has 0 atom stereocenters. The van der Waals surface area contributed by atoms with E-state index in [2.05, 4.69) is 5.32 Å². The van der Waals surface area contributed by atoms with Crippen molar-refractivity contribution >= 4 is 28.2 Å². The predicted molar refractivity (Wildman–Crippen MR) is 86.2 cm³/mol. The van der Waals surface area contributed by atoms with Crippen LogP contribution in [0.1, 0.15) is 29.8 Å². The third-order valence-electron chi connectivity index (χ3n) is 3.86. The van der Waals surface area contributed by atoms with E-state index in [0.717, 1.165) is 32.1 Å². The van der Waals surface area contributed by atoms with Gasteiger partial charge in [-0.1, -0.05) is 0 Å². The van der Waals surface area contributed by atoms with E-state index in [9.17, 15) is 13.2 Å². The van der Waals surface area contributed by atoms with Gasteiger partial charge < -0.3 is 14.6 Å². The van der Waals surface area contributed by atoms with Crippen LogP contribution in [0, 0.1) is 5.92 Å². The van der Waals surface area contributed by atoms with E-state index in [4.69, 9.17) is 4.42 Å². The molecule has 1 saturated heterocycles. The minimum absolute atomic E-state index is 0. The zero-order chi connectivity index (χ0) is 15.5. The zero-order valence-corrected chi connectivity index (χ0v) is 14.5. The van der Waals surface area contributed by atoms with Gasteiger partial charge in [0, 0.05) is 19.3 Å². The van der Waals surface area contributed by atoms with Crippen LogP contribution in [0.4, 0.5) is 0 Å². The molecule has 1 aromatic rings. The van der Waals surface area contributed by atoms with Gasteiger partial charge in [-0.15, -0.1) is 12.4 Å². The lowest BCUT2D eigenvalue weighted by Crippen LogP contribution is -2.38. The van der Waals surface area contributed by atoms with Crippen LogP contribution in [0.5, 0.6) is 0 Å². The maximum Gasteiger partial charge on any atom is 0.289 e. The molecule has 1 aliphatic rings. The minimum Gasteiger partial charge on any atom is -0.440 e. The first-order valence-electron chi connectivity index (χ1n) is 7.15. The Morgan fingerprint density at radius 1 is 1.36 bits per heavy atom. The van der Waals surface area contributed by atoms with Crippen molar-refractivity contribution in [3.05, 3.63) is 17.9 Å². The van der Waals surface area contributed by atoms with Gasteiger partial charge >= 0.3 is 0 Å². The van der Waals surface area contributed by atoms with Crippen LogP contribution >= 0.6 is 12.4 Å². The van der Waals surface area contributed by atoms with E-state index >= 15 is 0 Å². The fourth-order valence-corrected chi connectivity index (χ4v) is 3.12. The number of piperidine rings is 1. The molecule has 0 saturated carbocycles. The van der Waals surface area contributed by atoms with Crippen molar-refractivity contribution in [3.63, 3.8) is 0 Å². The first kappa shape index (κ1) is 19.0. The molecule has 1 aromatic heterocycles. The summed E-state index contributed by atoms with van der Waals surface area (Å²) in [6.45, 7) is 2.39. The van der Waals surface area contributed by atoms with Crippen LogP contribution < -0.4 is 5.32 Å². The highest BCUT2D eigenvalue weighted by molar-refractivity contribution is 7.90. The first-order valence-corrected chi connectivity index (χ1v) is 9.04. The fourth-order valence-electron chi connectivity index (χ4n) is 2.56. The number of nitrogens with one attached hydrogen (secondary N) is 1. The van der Waals surface area contributed by atoms with Gasteiger partial charge in [-0.05, 0) is 50.9 Å². The number of nitrogens with zero attached hydrogens (tertiary/aromatic N) is 1. The molecule has 8 heteroatoms. The predicted octanol–water partition coefficient (Wildman–Crippen LogP) is 1.57. The number of rotatable bonds is 5. The molecule has 0 spiro atoms. The average molecular weight is 351 g/mol. The first-order chi connectivity index (χ1) is 9.91. The molecule has 6 nitrogen and oxygen atoms in total. The number of carbonyl (C=O) groups is 1. The van der Waals surface area contributed by atoms with Crippen LogP contribution in [0.2, 0.25) is 0 Å². The van der Waals surface area contributed by atoms with Crippen molar-refractivity contribution < 1.29 is 17.6 Å². The molecule has 0 bridgehead atoms. The Bertz CT molecular complexity index is 592. The molecule has 0 aromatic carbocycles. The van der Waals surface area contributed by atoms with Gasteiger partial charge in [0.25, 0.3) is 5.91 Å². The Labute approximate surface area is 137 Å². The number of furan rings is 1. The number of hydrogen-bond acceptors (Lipinski definition) is 5. The van der Waals surface area contributed by atoms with Crippen LogP contribution in [0.3, 0.4) is 0 Å². The largest absolute Gasteiger partial charge is 0.440 e. The Hall–Kier alpha value is -1.05. The highest BCUT2D eigenvalue weighted by Crippen LogP contribution is 2.22. The highest BCUT2D eigenvalue weighted by atomic mass is 35.5. The summed E-state index contributed by atoms with van der Waals surface area (Å²) in [4.78, 5) is 14.0. The second kappa shape index (κ2) is 7.99. The van der Waals surface area contributed by atoms with Gasteiger partial charge in [0.15, 0.2) is 5.76 Å². The van der Waals surface area contributed by atoms with E-state index in [1.165, 1.54) is 12.1 Å². The monoisotopic (exact) mass is 350 g/mol. The van der Waals surface area contributed by atoms with Gasteiger partial charge in [-0.3, -0.25) is 4.79 Å². The number of sulfone groups is 1. The van der Waals surface area contributed by atoms with E-state index in [0.29, 0.717) is 19.0 Å². The highest BCUT2D eigenvalue weighted by Gasteiger charge is 2.26. The molecule has 126 valence electrons. The van der Waals surface area contributed by atoms with Gasteiger partial charge in [-0.25, -0.2) is 8.42 Å². The standard InChI is InChI=1S/C14H22N2O4S.ClH/c1-15-8-5-11-6-9-16(10-7-11)14(17)12-3-4-13(20-12)21(2,18)19;/h3-4,11,15H,5-10H2,1-2H3;1H. The second-order valence-corrected chi connectivity index (χ2v) is 7.47. The fraction of sp³-hybridized carbons (Fsp3) is 0.643. The van der Waals surface area contributed by atoms with Crippen molar-refractivity contribution in [2.45, 2.75) is 24.4 Å². The van der Waals surface area contributed by atoms with Gasteiger partial charge in [0.1, 0.15) is 0 Å². The van der Waals surface area contributed by atoms with E-state index < -0.39 is 9.84 Å². The maximum absolute atomic E-state index is 12.3. The lowest BCUT2D eigenvalue weighted by Gasteiger charge is -2.31. The van der Waals surface area contributed by atoms with Crippen molar-refractivity contribution in [1.82, 2.24) is 10.2 Å². The molecule has 2 rings (SSSR count). The summed E-state index contributed by atoms with van der Waals surface area (Å²) in [5.74, 6) is 0.519. The molecule has 1 aliphatic heterocycles. The van der Waals surface area contributed by atoms with Crippen molar-refractivity contribution in [2.24, 2.45) is 5.92 Å². The molecule has 0 unspecified atom stereocenters. The number of carbonyl (C=O) groups excluding carboxylic acids is 1. The lowest BCUT2D eigenvalue weighted by molar-refractivity contribution is 0.0649. The van der Waals surface area contributed by atoms with Gasteiger partial charge in [-0.2, -0.15) is 0 Å². The molecule has 22 heavy (non-hydrogen) atoms. The van der Waals surface area contributed by atoms with Crippen LogP contribution in [0.15, 0.2) is 21.6 Å². The normalized spacial score (nSPS) is 16.4. The molecule has 1 amide bonds. The summed E-state index contributed by atoms with van der Waals surface area (Å²) in [5, 5.41) is 2.98. The molecular formula is C14H23ClN2O4S. The maximum atomic E-state index is 12.3. The third-order valence-corrected chi connectivity index (χ3v) is 4.81. The van der Waals surface area contributed by atoms with E-state index in [1.807, 2.05) is 7.05 Å². The van der Waals surface area contributed by atoms with Gasteiger partial charge in [0.05, 0.1) is 0 Å². The van der Waals surface area contributed by atoms with Crippen LogP contribution in [-0.4, -0.2) is 52.2 Å². The summed E-state index contributed by atoms with van der Waals surface area (Å²) in [7, 11) is -1.47. The number of halogens is 1. The molecule has 0 aliphatic carbocycles. The average Bonchev–Trinajstić information content (AvgIpc) is 2.95. The summed E-state index contributed by atoms with van der Waals surface area (Å²) < 4.78 is 27.9. The Kier molecular flexibility index (Phi) is 6.90. The second-order valence-electron chi connectivity index (χ2n) is 5.52. The molecule has 0 radical (unpaired) electrons. The zero-order valence-electron chi connectivity index (χ0n) is 12.9. The summed E-state index contributed by atoms with van der Waals surface area (Å²) in [6, 6.07) is 2.77. The number of likely N-dealkylation sites (tertiary alicyclic amines) is 1. The van der Waals surface area contributed by atoms with Crippen LogP contribution in [-0.2, 0) is 9.84 Å². The number of amides is 1. The number of hydrogen-bond donors (Lipinski definition) is 1. The van der Waals surface area contributed by atoms with Crippen molar-refractivity contribution in [2.75, 3.05) is 32.9 Å². The van der Waals surface area contributed by atoms with Gasteiger partial charge in [0.2, 0.25) is 14.9 Å². The molecule has 1 N–H and O–H groups in total. The Morgan fingerprint density at radius 3 is 2.50 bits per heavy atom.